The molecule has 0 radical (unpaired) electrons. The highest BCUT2D eigenvalue weighted by molar-refractivity contribution is 8.33. The summed E-state index contributed by atoms with van der Waals surface area (Å²) in [7, 11) is -8.90. The molecule has 2 bridgehead atoms. The average Bonchev–Trinajstić information content (AvgIpc) is 3.50. The van der Waals surface area contributed by atoms with E-state index in [2.05, 4.69) is 0 Å². The lowest BCUT2D eigenvalue weighted by atomic mass is 9.83. The van der Waals surface area contributed by atoms with Gasteiger partial charge in [0.15, 0.2) is 0 Å². The van der Waals surface area contributed by atoms with E-state index in [4.69, 9.17) is 3.63 Å². The van der Waals surface area contributed by atoms with Crippen LogP contribution in [0.3, 0.4) is 0 Å². The van der Waals surface area contributed by atoms with E-state index < -0.39 is 55.5 Å². The molecule has 0 spiro atoms. The first kappa shape index (κ1) is 24.1. The molecule has 4 unspecified atom stereocenters. The third kappa shape index (κ3) is 3.45. The second-order valence-electron chi connectivity index (χ2n) is 9.62. The van der Waals surface area contributed by atoms with Gasteiger partial charge in [0.1, 0.15) is 5.75 Å². The zero-order valence-electron chi connectivity index (χ0n) is 18.2. The Hall–Kier alpha value is -1.56. The van der Waals surface area contributed by atoms with Gasteiger partial charge in [-0.15, -0.1) is 0 Å². The molecule has 3 fully saturated rings. The lowest BCUT2D eigenvalue weighted by Gasteiger charge is -2.39. The predicted octanol–water partition coefficient (Wildman–Crippen LogP) is 5.40. The summed E-state index contributed by atoms with van der Waals surface area (Å²) in [6.07, 6.45) is 0.0137. The maximum absolute atomic E-state index is 15.2. The molecule has 11 heteroatoms. The van der Waals surface area contributed by atoms with Gasteiger partial charge in [-0.25, -0.2) is 3.63 Å². The number of phenols is 1. The van der Waals surface area contributed by atoms with Crippen molar-refractivity contribution in [3.63, 3.8) is 0 Å². The minimum Gasteiger partial charge on any atom is -0.507 e. The van der Waals surface area contributed by atoms with Crippen LogP contribution in [0.5, 0.6) is 5.75 Å². The Morgan fingerprint density at radius 1 is 0.912 bits per heavy atom. The van der Waals surface area contributed by atoms with Gasteiger partial charge < -0.3 is 10.2 Å². The quantitative estimate of drug-likeness (QED) is 0.497. The Kier molecular flexibility index (Phi) is 5.66. The van der Waals surface area contributed by atoms with Gasteiger partial charge >= 0.3 is 21.3 Å². The van der Waals surface area contributed by atoms with Crippen LogP contribution in [0.15, 0.2) is 41.3 Å². The minimum absolute atomic E-state index is 0.0312. The van der Waals surface area contributed by atoms with Crippen LogP contribution in [0.4, 0.5) is 17.6 Å². The predicted molar refractivity (Wildman–Crippen MR) is 121 cm³/mol. The van der Waals surface area contributed by atoms with Gasteiger partial charge in [0.05, 0.1) is 6.10 Å². The van der Waals surface area contributed by atoms with Crippen LogP contribution >= 0.6 is 10.3 Å². The van der Waals surface area contributed by atoms with Crippen LogP contribution in [0, 0.1) is 17.8 Å². The molecule has 4 atom stereocenters. The summed E-state index contributed by atoms with van der Waals surface area (Å²) < 4.78 is 91.9. The molecule has 2 N–H and O–H groups in total. The highest BCUT2D eigenvalue weighted by Crippen LogP contribution is 2.67. The van der Waals surface area contributed by atoms with Crippen LogP contribution in [-0.2, 0) is 13.7 Å². The Morgan fingerprint density at radius 3 is 2.15 bits per heavy atom. The van der Waals surface area contributed by atoms with E-state index in [-0.39, 0.29) is 36.5 Å². The Labute approximate surface area is 196 Å². The van der Waals surface area contributed by atoms with Crippen molar-refractivity contribution in [2.45, 2.75) is 54.3 Å². The Morgan fingerprint density at radius 2 is 1.56 bits per heavy atom. The first-order valence-corrected chi connectivity index (χ1v) is 14.6. The lowest BCUT2D eigenvalue weighted by molar-refractivity contribution is -0.204. The molecule has 5 nitrogen and oxygen atoms in total. The maximum atomic E-state index is 15.2. The van der Waals surface area contributed by atoms with Crippen LogP contribution in [-0.4, -0.2) is 47.4 Å². The zero-order chi connectivity index (χ0) is 24.5. The van der Waals surface area contributed by atoms with Crippen molar-refractivity contribution in [1.82, 2.24) is 0 Å². The number of aliphatic hydroxyl groups excluding tert-OH is 1. The molecule has 5 rings (SSSR count). The number of aliphatic hydroxyl groups is 1. The molecule has 3 aliphatic rings. The summed E-state index contributed by atoms with van der Waals surface area (Å²) in [5.74, 6) is -7.82. The first-order chi connectivity index (χ1) is 15.9. The molecule has 34 heavy (non-hydrogen) atoms. The van der Waals surface area contributed by atoms with E-state index in [0.29, 0.717) is 28.5 Å². The van der Waals surface area contributed by atoms with Gasteiger partial charge in [0.25, 0.3) is 0 Å². The number of aromatic hydroxyl groups is 1. The summed E-state index contributed by atoms with van der Waals surface area (Å²) in [5, 5.41) is 15.5. The van der Waals surface area contributed by atoms with Crippen molar-refractivity contribution < 1.29 is 39.8 Å². The third-order valence-electron chi connectivity index (χ3n) is 7.67. The normalized spacial score (nSPS) is 30.1. The molecule has 0 amide bonds. The molecular formula is C23H26F4O5S2. The van der Waals surface area contributed by atoms with Crippen molar-refractivity contribution in [3.8, 4) is 5.75 Å². The van der Waals surface area contributed by atoms with Gasteiger partial charge in [-0.1, -0.05) is 34.6 Å². The minimum atomic E-state index is -6.03. The first-order valence-electron chi connectivity index (χ1n) is 11.3. The van der Waals surface area contributed by atoms with Gasteiger partial charge in [-0.2, -0.15) is 26.0 Å². The second-order valence-corrected chi connectivity index (χ2v) is 14.5. The zero-order valence-corrected chi connectivity index (χ0v) is 19.8. The lowest BCUT2D eigenvalue weighted by Crippen LogP contribution is -2.54. The summed E-state index contributed by atoms with van der Waals surface area (Å²) in [5.41, 5.74) is 0. The monoisotopic (exact) mass is 522 g/mol. The summed E-state index contributed by atoms with van der Waals surface area (Å²) in [6.45, 7) is 0. The molecule has 188 valence electrons. The molecule has 1 heterocycles. The van der Waals surface area contributed by atoms with Gasteiger partial charge in [-0.3, -0.25) is 0 Å². The van der Waals surface area contributed by atoms with E-state index in [0.717, 1.165) is 0 Å². The fraction of sp³-hybridized carbons (Fsp3) is 0.565. The number of hydrogen-bond donors (Lipinski definition) is 2. The topological polar surface area (TPSA) is 83.8 Å². The van der Waals surface area contributed by atoms with Crippen LogP contribution in [0.2, 0.25) is 0 Å². The third-order valence-corrected chi connectivity index (χ3v) is 13.4. The van der Waals surface area contributed by atoms with Crippen molar-refractivity contribution in [1.29, 1.82) is 0 Å². The van der Waals surface area contributed by atoms with E-state index in [9.17, 15) is 18.6 Å². The summed E-state index contributed by atoms with van der Waals surface area (Å²) >= 11 is 0. The Balaban J connectivity index is 1.52. The number of hydrogen-bond acceptors (Lipinski definition) is 5. The fourth-order valence-electron chi connectivity index (χ4n) is 5.96. The smallest absolute Gasteiger partial charge is 0.432 e. The Bertz CT molecular complexity index is 1210. The molecule has 2 aromatic carbocycles. The van der Waals surface area contributed by atoms with E-state index in [1.807, 2.05) is 0 Å². The highest BCUT2D eigenvalue weighted by atomic mass is 32.3. The van der Waals surface area contributed by atoms with Crippen LogP contribution < -0.4 is 0 Å². The molecular weight excluding hydrogens is 496 g/mol. The molecule has 2 aliphatic carbocycles. The number of fused-ring (bicyclic) bond motifs is 3. The molecule has 2 saturated carbocycles. The van der Waals surface area contributed by atoms with Crippen LogP contribution in [0.1, 0.15) is 32.1 Å². The van der Waals surface area contributed by atoms with Gasteiger partial charge in [0, 0.05) is 27.7 Å². The molecule has 1 saturated heterocycles. The van der Waals surface area contributed by atoms with Crippen molar-refractivity contribution in [2.75, 3.05) is 11.5 Å². The van der Waals surface area contributed by atoms with Crippen LogP contribution in [0.25, 0.3) is 10.8 Å². The average molecular weight is 523 g/mol. The highest BCUT2D eigenvalue weighted by Gasteiger charge is 2.73. The summed E-state index contributed by atoms with van der Waals surface area (Å²) in [4.78, 5) is 0.351. The van der Waals surface area contributed by atoms with Crippen molar-refractivity contribution >= 4 is 31.2 Å². The molecule has 1 aliphatic heterocycles. The number of benzene rings is 2. The van der Waals surface area contributed by atoms with E-state index >= 15 is 17.6 Å². The fourth-order valence-corrected chi connectivity index (χ4v) is 11.9. The molecule has 2 aromatic rings. The van der Waals surface area contributed by atoms with Crippen molar-refractivity contribution in [2.24, 2.45) is 17.8 Å². The largest absolute Gasteiger partial charge is 0.507 e. The van der Waals surface area contributed by atoms with E-state index in [1.54, 1.807) is 24.3 Å². The number of halogens is 4. The second kappa shape index (κ2) is 7.97. The standard InChI is InChI=1S/C23H26F4O5S2/c24-22(25,18-12-15-11-14(18)13-20(15)29)23(26,27)34(30,31)32-33(9-3-4-10-33)21-8-7-19(28)16-5-1-2-6-17(16)21/h1-2,5-8,14-15,18,20,28-29H,3-4,9-13H2. The van der Waals surface area contributed by atoms with E-state index in [1.165, 1.54) is 12.1 Å². The number of rotatable bonds is 6. The van der Waals surface area contributed by atoms with Gasteiger partial charge in [-0.05, 0) is 61.5 Å². The maximum Gasteiger partial charge on any atom is 0.432 e. The van der Waals surface area contributed by atoms with Crippen molar-refractivity contribution in [3.05, 3.63) is 36.4 Å². The number of phenolic OH excluding ortho intramolecular Hbond substituents is 1. The number of alkyl halides is 4. The SMILES string of the molecule is O=S(=O)(OS1(c2ccc(O)c3ccccc23)CCCC1)C(F)(F)C(F)(F)C1CC2CC1CC2O. The van der Waals surface area contributed by atoms with Gasteiger partial charge in [0.2, 0.25) is 0 Å². The molecule has 0 aromatic heterocycles. The summed E-state index contributed by atoms with van der Waals surface area (Å²) in [6, 6.07) is 9.35.